The highest BCUT2D eigenvalue weighted by Gasteiger charge is 2.14. The van der Waals surface area contributed by atoms with Crippen LogP contribution in [0.4, 0.5) is 17.2 Å². The van der Waals surface area contributed by atoms with Crippen molar-refractivity contribution in [3.05, 3.63) is 55.7 Å². The number of carbonyl (C=O) groups excluding carboxylic acids is 1. The van der Waals surface area contributed by atoms with Gasteiger partial charge in [-0.25, -0.2) is 0 Å². The molecule has 23 heavy (non-hydrogen) atoms. The Balaban J connectivity index is 1.98. The summed E-state index contributed by atoms with van der Waals surface area (Å²) in [4.78, 5) is 31.8. The molecule has 0 aliphatic rings. The fourth-order valence-corrected chi connectivity index (χ4v) is 1.89. The normalized spacial score (nSPS) is 10.3. The van der Waals surface area contributed by atoms with Crippen LogP contribution in [0.15, 0.2) is 30.5 Å². The van der Waals surface area contributed by atoms with Gasteiger partial charge >= 0.3 is 5.82 Å². The first kappa shape index (κ1) is 16.4. The zero-order valence-electron chi connectivity index (χ0n) is 11.5. The average molecular weight is 340 g/mol. The number of benzene rings is 1. The largest absolute Gasteiger partial charge is 0.389 e. The highest BCUT2D eigenvalue weighted by Crippen LogP contribution is 2.26. The van der Waals surface area contributed by atoms with Crippen LogP contribution in [0.1, 0.15) is 6.42 Å². The number of halogens is 1. The molecular formula is C12H10ClN5O5. The topological polar surface area (TPSA) is 133 Å². The van der Waals surface area contributed by atoms with Gasteiger partial charge in [0.2, 0.25) is 5.91 Å². The van der Waals surface area contributed by atoms with Gasteiger partial charge in [-0.1, -0.05) is 11.6 Å². The number of aromatic nitrogens is 2. The van der Waals surface area contributed by atoms with Gasteiger partial charge in [-0.05, 0) is 11.0 Å². The molecule has 0 bridgehead atoms. The summed E-state index contributed by atoms with van der Waals surface area (Å²) in [7, 11) is 0. The van der Waals surface area contributed by atoms with Gasteiger partial charge in [0.15, 0.2) is 0 Å². The third kappa shape index (κ3) is 4.23. The predicted octanol–water partition coefficient (Wildman–Crippen LogP) is 2.38. The first-order chi connectivity index (χ1) is 10.9. The Morgan fingerprint density at radius 2 is 2.00 bits per heavy atom. The summed E-state index contributed by atoms with van der Waals surface area (Å²) < 4.78 is 1.26. The van der Waals surface area contributed by atoms with Crippen molar-refractivity contribution in [2.75, 3.05) is 5.32 Å². The highest BCUT2D eigenvalue weighted by molar-refractivity contribution is 6.33. The summed E-state index contributed by atoms with van der Waals surface area (Å²) in [5, 5.41) is 27.5. The molecule has 0 saturated heterocycles. The van der Waals surface area contributed by atoms with Crippen LogP contribution < -0.4 is 5.32 Å². The van der Waals surface area contributed by atoms with Crippen molar-refractivity contribution in [1.82, 2.24) is 9.78 Å². The van der Waals surface area contributed by atoms with Crippen molar-refractivity contribution in [3.63, 3.8) is 0 Å². The highest BCUT2D eigenvalue weighted by atomic mass is 35.5. The Kier molecular flexibility index (Phi) is 4.86. The molecule has 0 aliphatic heterocycles. The number of hydrogen-bond donors (Lipinski definition) is 1. The number of nitro groups is 2. The molecule has 1 N–H and O–H groups in total. The fourth-order valence-electron chi connectivity index (χ4n) is 1.72. The third-order valence-electron chi connectivity index (χ3n) is 2.82. The molecule has 0 radical (unpaired) electrons. The third-order valence-corrected chi connectivity index (χ3v) is 3.15. The lowest BCUT2D eigenvalue weighted by atomic mass is 10.2. The van der Waals surface area contributed by atoms with Gasteiger partial charge < -0.3 is 15.4 Å². The molecule has 1 aromatic heterocycles. The maximum absolute atomic E-state index is 11.8. The van der Waals surface area contributed by atoms with Gasteiger partial charge in [-0.2, -0.15) is 4.68 Å². The summed E-state index contributed by atoms with van der Waals surface area (Å²) in [6.07, 6.45) is 1.35. The second-order valence-electron chi connectivity index (χ2n) is 4.41. The number of carbonyl (C=O) groups is 1. The number of non-ortho nitro benzene ring substituents is 1. The predicted molar refractivity (Wildman–Crippen MR) is 80.2 cm³/mol. The number of amides is 1. The fraction of sp³-hybridized carbons (Fsp3) is 0.167. The maximum Gasteiger partial charge on any atom is 0.389 e. The standard InChI is InChI=1S/C12H10ClN5O5/c13-9-2-1-8(17(20)21)7-10(9)14-12(19)4-6-16-5-3-11(15-16)18(22)23/h1-3,5,7H,4,6H2,(H,14,19). The van der Waals surface area contributed by atoms with Crippen LogP contribution in [0.25, 0.3) is 0 Å². The van der Waals surface area contributed by atoms with Crippen molar-refractivity contribution in [3.8, 4) is 0 Å². The van der Waals surface area contributed by atoms with Crippen LogP contribution in [-0.4, -0.2) is 25.5 Å². The van der Waals surface area contributed by atoms with Crippen LogP contribution in [0.5, 0.6) is 0 Å². The Labute approximate surface area is 134 Å². The molecule has 0 fully saturated rings. The number of rotatable bonds is 6. The molecule has 0 spiro atoms. The lowest BCUT2D eigenvalue weighted by Crippen LogP contribution is -2.15. The van der Waals surface area contributed by atoms with E-state index in [1.165, 1.54) is 29.1 Å². The number of anilines is 1. The monoisotopic (exact) mass is 339 g/mol. The summed E-state index contributed by atoms with van der Waals surface area (Å²) in [6.45, 7) is 0.117. The van der Waals surface area contributed by atoms with E-state index >= 15 is 0 Å². The molecule has 1 aromatic carbocycles. The summed E-state index contributed by atoms with van der Waals surface area (Å²) >= 11 is 5.87. The molecule has 0 saturated carbocycles. The number of nitrogens with zero attached hydrogens (tertiary/aromatic N) is 4. The van der Waals surface area contributed by atoms with Crippen LogP contribution in [0.2, 0.25) is 5.02 Å². The van der Waals surface area contributed by atoms with Crippen molar-refractivity contribution >= 4 is 34.7 Å². The lowest BCUT2D eigenvalue weighted by Gasteiger charge is -2.06. The van der Waals surface area contributed by atoms with E-state index in [2.05, 4.69) is 10.4 Å². The first-order valence-corrected chi connectivity index (χ1v) is 6.66. The number of nitrogens with one attached hydrogen (secondary N) is 1. The van der Waals surface area contributed by atoms with E-state index in [0.29, 0.717) is 0 Å². The minimum absolute atomic E-state index is 0.0299. The average Bonchev–Trinajstić information content (AvgIpc) is 2.96. The van der Waals surface area contributed by atoms with Gasteiger partial charge in [0.1, 0.15) is 0 Å². The van der Waals surface area contributed by atoms with Gasteiger partial charge in [0, 0.05) is 18.6 Å². The molecule has 1 heterocycles. The SMILES string of the molecule is O=C(CCn1ccc([N+](=O)[O-])n1)Nc1cc([N+](=O)[O-])ccc1Cl. The molecule has 0 atom stereocenters. The van der Waals surface area contributed by atoms with Gasteiger partial charge in [0.05, 0.1) is 39.5 Å². The van der Waals surface area contributed by atoms with Crippen LogP contribution in [-0.2, 0) is 11.3 Å². The molecule has 2 rings (SSSR count). The quantitative estimate of drug-likeness (QED) is 0.634. The van der Waals surface area contributed by atoms with E-state index in [1.807, 2.05) is 0 Å². The molecule has 0 unspecified atom stereocenters. The van der Waals surface area contributed by atoms with Crippen molar-refractivity contribution in [1.29, 1.82) is 0 Å². The number of hydrogen-bond acceptors (Lipinski definition) is 6. The zero-order valence-corrected chi connectivity index (χ0v) is 12.3. The van der Waals surface area contributed by atoms with Crippen molar-refractivity contribution < 1.29 is 14.6 Å². The summed E-state index contributed by atoms with van der Waals surface area (Å²) in [5.74, 6) is -0.766. The van der Waals surface area contributed by atoms with Gasteiger partial charge in [-0.3, -0.25) is 14.9 Å². The van der Waals surface area contributed by atoms with E-state index in [4.69, 9.17) is 11.6 Å². The minimum atomic E-state index is -0.639. The Bertz CT molecular complexity index is 775. The zero-order chi connectivity index (χ0) is 17.0. The Morgan fingerprint density at radius 3 is 2.61 bits per heavy atom. The molecule has 2 aromatic rings. The number of aryl methyl sites for hydroxylation is 1. The number of nitro benzene ring substituents is 1. The molecule has 1 amide bonds. The van der Waals surface area contributed by atoms with Crippen molar-refractivity contribution in [2.24, 2.45) is 0 Å². The molecule has 120 valence electrons. The molecular weight excluding hydrogens is 330 g/mol. The Hall–Kier alpha value is -3.01. The second-order valence-corrected chi connectivity index (χ2v) is 4.82. The van der Waals surface area contributed by atoms with Crippen molar-refractivity contribution in [2.45, 2.75) is 13.0 Å². The smallest absolute Gasteiger partial charge is 0.358 e. The van der Waals surface area contributed by atoms with E-state index in [-0.39, 0.29) is 35.2 Å². The van der Waals surface area contributed by atoms with E-state index < -0.39 is 15.8 Å². The molecule has 10 nitrogen and oxygen atoms in total. The van der Waals surface area contributed by atoms with Gasteiger partial charge in [-0.15, -0.1) is 0 Å². The van der Waals surface area contributed by atoms with Gasteiger partial charge in [0.25, 0.3) is 5.69 Å². The van der Waals surface area contributed by atoms with Crippen LogP contribution in [0.3, 0.4) is 0 Å². The maximum atomic E-state index is 11.8. The van der Waals surface area contributed by atoms with E-state index in [0.717, 1.165) is 6.07 Å². The van der Waals surface area contributed by atoms with E-state index in [9.17, 15) is 25.0 Å². The second kappa shape index (κ2) is 6.83. The van der Waals surface area contributed by atoms with Crippen LogP contribution in [0, 0.1) is 20.2 Å². The lowest BCUT2D eigenvalue weighted by molar-refractivity contribution is -0.389. The van der Waals surface area contributed by atoms with Crippen LogP contribution >= 0.6 is 11.6 Å². The Morgan fingerprint density at radius 1 is 1.26 bits per heavy atom. The first-order valence-electron chi connectivity index (χ1n) is 6.28. The summed E-state index contributed by atoms with van der Waals surface area (Å²) in [5.41, 5.74) is -0.0790. The minimum Gasteiger partial charge on any atom is -0.358 e. The molecule has 11 heteroatoms. The van der Waals surface area contributed by atoms with E-state index in [1.54, 1.807) is 0 Å². The molecule has 0 aliphatic carbocycles. The summed E-state index contributed by atoms with van der Waals surface area (Å²) in [6, 6.07) is 4.90.